The molecule has 1 aromatic heterocycles. The van der Waals surface area contributed by atoms with Crippen LogP contribution in [-0.4, -0.2) is 35.1 Å². The predicted octanol–water partition coefficient (Wildman–Crippen LogP) is 0.400. The van der Waals surface area contributed by atoms with Crippen molar-refractivity contribution in [3.8, 4) is 0 Å². The standard InChI is InChI=1S/C11H15N3O3/c1-3-14(6-10(15)16)9-5-8(11(12)17)4-7(2)13-9/h4-5H,3,6H2,1-2H3,(H2,12,17)(H,15,16). The smallest absolute Gasteiger partial charge is 0.323 e. The molecule has 0 aromatic carbocycles. The van der Waals surface area contributed by atoms with E-state index in [0.717, 1.165) is 0 Å². The lowest BCUT2D eigenvalue weighted by molar-refractivity contribution is -0.135. The molecule has 1 heterocycles. The summed E-state index contributed by atoms with van der Waals surface area (Å²) in [6.07, 6.45) is 0. The second kappa shape index (κ2) is 5.29. The van der Waals surface area contributed by atoms with E-state index < -0.39 is 11.9 Å². The van der Waals surface area contributed by atoms with Crippen LogP contribution in [0, 0.1) is 6.92 Å². The van der Waals surface area contributed by atoms with E-state index in [-0.39, 0.29) is 6.54 Å². The maximum Gasteiger partial charge on any atom is 0.323 e. The van der Waals surface area contributed by atoms with Crippen LogP contribution in [0.3, 0.4) is 0 Å². The van der Waals surface area contributed by atoms with Crippen LogP contribution in [0.2, 0.25) is 0 Å². The molecule has 17 heavy (non-hydrogen) atoms. The van der Waals surface area contributed by atoms with Crippen molar-refractivity contribution < 1.29 is 14.7 Å². The summed E-state index contributed by atoms with van der Waals surface area (Å²) in [5, 5.41) is 8.76. The van der Waals surface area contributed by atoms with Gasteiger partial charge in [-0.1, -0.05) is 0 Å². The molecule has 3 N–H and O–H groups in total. The van der Waals surface area contributed by atoms with Gasteiger partial charge in [0.15, 0.2) is 0 Å². The molecule has 6 heteroatoms. The molecule has 0 fully saturated rings. The minimum atomic E-state index is -0.948. The number of aryl methyl sites for hydroxylation is 1. The summed E-state index contributed by atoms with van der Waals surface area (Å²) in [7, 11) is 0. The monoisotopic (exact) mass is 237 g/mol. The number of aliphatic carboxylic acids is 1. The first-order valence-electron chi connectivity index (χ1n) is 5.19. The number of hydrogen-bond acceptors (Lipinski definition) is 4. The SMILES string of the molecule is CCN(CC(=O)O)c1cc(C(N)=O)cc(C)n1. The largest absolute Gasteiger partial charge is 0.480 e. The average molecular weight is 237 g/mol. The third-order valence-electron chi connectivity index (χ3n) is 2.26. The minimum Gasteiger partial charge on any atom is -0.480 e. The second-order valence-corrected chi connectivity index (χ2v) is 3.63. The van der Waals surface area contributed by atoms with E-state index in [1.54, 1.807) is 17.9 Å². The molecule has 1 aromatic rings. The van der Waals surface area contributed by atoms with Gasteiger partial charge in [-0.25, -0.2) is 4.98 Å². The summed E-state index contributed by atoms with van der Waals surface area (Å²) >= 11 is 0. The van der Waals surface area contributed by atoms with Gasteiger partial charge in [-0.3, -0.25) is 9.59 Å². The Labute approximate surface area is 99.1 Å². The summed E-state index contributed by atoms with van der Waals surface area (Å²) < 4.78 is 0. The quantitative estimate of drug-likeness (QED) is 0.772. The Morgan fingerprint density at radius 3 is 2.59 bits per heavy atom. The van der Waals surface area contributed by atoms with Crippen LogP contribution in [0.15, 0.2) is 12.1 Å². The third-order valence-corrected chi connectivity index (χ3v) is 2.26. The van der Waals surface area contributed by atoms with Crippen molar-refractivity contribution in [3.63, 3.8) is 0 Å². The molecule has 0 radical (unpaired) electrons. The lowest BCUT2D eigenvalue weighted by Crippen LogP contribution is -2.30. The maximum absolute atomic E-state index is 11.1. The van der Waals surface area contributed by atoms with E-state index >= 15 is 0 Å². The summed E-state index contributed by atoms with van der Waals surface area (Å²) in [6, 6.07) is 3.07. The number of hydrogen-bond donors (Lipinski definition) is 2. The number of nitrogens with two attached hydrogens (primary N) is 1. The summed E-state index contributed by atoms with van der Waals surface area (Å²) in [6.45, 7) is 3.87. The number of primary amides is 1. The van der Waals surface area contributed by atoms with Crippen molar-refractivity contribution in [2.75, 3.05) is 18.0 Å². The molecule has 1 amide bonds. The van der Waals surface area contributed by atoms with E-state index in [0.29, 0.717) is 23.6 Å². The van der Waals surface area contributed by atoms with Crippen LogP contribution in [0.25, 0.3) is 0 Å². The van der Waals surface area contributed by atoms with Gasteiger partial charge in [-0.05, 0) is 26.0 Å². The van der Waals surface area contributed by atoms with Crippen molar-refractivity contribution in [1.29, 1.82) is 0 Å². The molecular weight excluding hydrogens is 222 g/mol. The van der Waals surface area contributed by atoms with Gasteiger partial charge in [0.05, 0.1) is 0 Å². The van der Waals surface area contributed by atoms with Crippen molar-refractivity contribution in [2.24, 2.45) is 5.73 Å². The molecule has 0 aliphatic rings. The number of anilines is 1. The zero-order valence-corrected chi connectivity index (χ0v) is 9.80. The number of rotatable bonds is 5. The van der Waals surface area contributed by atoms with Gasteiger partial charge in [0, 0.05) is 17.8 Å². The highest BCUT2D eigenvalue weighted by Crippen LogP contribution is 2.14. The molecule has 0 spiro atoms. The number of carbonyl (C=O) groups is 2. The highest BCUT2D eigenvalue weighted by atomic mass is 16.4. The number of carbonyl (C=O) groups excluding carboxylic acids is 1. The second-order valence-electron chi connectivity index (χ2n) is 3.63. The Morgan fingerprint density at radius 2 is 2.12 bits per heavy atom. The lowest BCUT2D eigenvalue weighted by atomic mass is 10.2. The van der Waals surface area contributed by atoms with E-state index in [2.05, 4.69) is 4.98 Å². The van der Waals surface area contributed by atoms with Gasteiger partial charge >= 0.3 is 5.97 Å². The fraction of sp³-hybridized carbons (Fsp3) is 0.364. The number of carboxylic acids is 1. The summed E-state index contributed by atoms with van der Waals surface area (Å²) in [4.78, 5) is 27.5. The third kappa shape index (κ3) is 3.44. The van der Waals surface area contributed by atoms with Crippen LogP contribution in [0.5, 0.6) is 0 Å². The molecule has 92 valence electrons. The fourth-order valence-corrected chi connectivity index (χ4v) is 1.47. The molecular formula is C11H15N3O3. The molecule has 0 aliphatic carbocycles. The first-order chi connectivity index (χ1) is 7.93. The summed E-state index contributed by atoms with van der Waals surface area (Å²) in [5.74, 6) is -1.05. The molecule has 0 saturated heterocycles. The topological polar surface area (TPSA) is 96.5 Å². The zero-order chi connectivity index (χ0) is 13.0. The van der Waals surface area contributed by atoms with Gasteiger partial charge in [0.25, 0.3) is 0 Å². The molecule has 0 bridgehead atoms. The van der Waals surface area contributed by atoms with Crippen LogP contribution in [0.4, 0.5) is 5.82 Å². The number of carboxylic acid groups (broad SMARTS) is 1. The highest BCUT2D eigenvalue weighted by Gasteiger charge is 2.12. The Kier molecular flexibility index (Phi) is 4.03. The summed E-state index contributed by atoms with van der Waals surface area (Å²) in [5.41, 5.74) is 6.15. The molecule has 0 unspecified atom stereocenters. The first kappa shape index (κ1) is 13.0. The van der Waals surface area contributed by atoms with Gasteiger partial charge in [-0.2, -0.15) is 0 Å². The van der Waals surface area contributed by atoms with Crippen LogP contribution in [0.1, 0.15) is 23.0 Å². The number of pyridine rings is 1. The Hall–Kier alpha value is -2.11. The Bertz CT molecular complexity index is 446. The van der Waals surface area contributed by atoms with E-state index in [1.165, 1.54) is 6.07 Å². The van der Waals surface area contributed by atoms with Crippen molar-refractivity contribution in [2.45, 2.75) is 13.8 Å². The van der Waals surface area contributed by atoms with E-state index in [4.69, 9.17) is 10.8 Å². The predicted molar refractivity (Wildman–Crippen MR) is 63.0 cm³/mol. The van der Waals surface area contributed by atoms with Crippen molar-refractivity contribution >= 4 is 17.7 Å². The number of nitrogens with zero attached hydrogens (tertiary/aromatic N) is 2. The highest BCUT2D eigenvalue weighted by molar-refractivity contribution is 5.93. The number of aromatic nitrogens is 1. The minimum absolute atomic E-state index is 0.162. The number of amides is 1. The molecule has 6 nitrogen and oxygen atoms in total. The maximum atomic E-state index is 11.1. The molecule has 1 rings (SSSR count). The lowest BCUT2D eigenvalue weighted by Gasteiger charge is -2.20. The Balaban J connectivity index is 3.10. The molecule has 0 aliphatic heterocycles. The molecule has 0 atom stereocenters. The van der Waals surface area contributed by atoms with E-state index in [1.807, 2.05) is 6.92 Å². The van der Waals surface area contributed by atoms with Crippen LogP contribution in [-0.2, 0) is 4.79 Å². The van der Waals surface area contributed by atoms with Crippen LogP contribution >= 0.6 is 0 Å². The average Bonchev–Trinajstić information content (AvgIpc) is 2.24. The van der Waals surface area contributed by atoms with E-state index in [9.17, 15) is 9.59 Å². The Morgan fingerprint density at radius 1 is 1.47 bits per heavy atom. The van der Waals surface area contributed by atoms with Gasteiger partial charge < -0.3 is 15.7 Å². The fourth-order valence-electron chi connectivity index (χ4n) is 1.47. The van der Waals surface area contributed by atoms with Crippen LogP contribution < -0.4 is 10.6 Å². The van der Waals surface area contributed by atoms with Gasteiger partial charge in [0.1, 0.15) is 12.4 Å². The van der Waals surface area contributed by atoms with Crippen molar-refractivity contribution in [1.82, 2.24) is 4.98 Å². The zero-order valence-electron chi connectivity index (χ0n) is 9.80. The number of likely N-dealkylation sites (N-methyl/N-ethyl adjacent to an activating group) is 1. The normalized spacial score (nSPS) is 10.0. The van der Waals surface area contributed by atoms with Crippen molar-refractivity contribution in [3.05, 3.63) is 23.4 Å². The van der Waals surface area contributed by atoms with Gasteiger partial charge in [0.2, 0.25) is 5.91 Å². The molecule has 0 saturated carbocycles. The first-order valence-corrected chi connectivity index (χ1v) is 5.19. The van der Waals surface area contributed by atoms with Gasteiger partial charge in [-0.15, -0.1) is 0 Å².